The second-order valence-electron chi connectivity index (χ2n) is 6.71. The molecule has 1 N–H and O–H groups in total. The average Bonchev–Trinajstić information content (AvgIpc) is 2.90. The second kappa shape index (κ2) is 8.09. The lowest BCUT2D eigenvalue weighted by Gasteiger charge is -2.35. The van der Waals surface area contributed by atoms with Gasteiger partial charge >= 0.3 is 0 Å². The number of amides is 1. The van der Waals surface area contributed by atoms with E-state index in [2.05, 4.69) is 10.3 Å². The summed E-state index contributed by atoms with van der Waals surface area (Å²) >= 11 is 6.03. The van der Waals surface area contributed by atoms with Crippen molar-refractivity contribution >= 4 is 53.2 Å². The fourth-order valence-corrected chi connectivity index (χ4v) is 4.07. The minimum absolute atomic E-state index is 0. The molecule has 2 saturated heterocycles. The Hall–Kier alpha value is -1.07. The number of nitrogens with one attached hydrogen (secondary N) is 1. The predicted octanol–water partition coefficient (Wildman–Crippen LogP) is 4.09. The van der Waals surface area contributed by atoms with Crippen molar-refractivity contribution < 1.29 is 4.79 Å². The number of halogens is 3. The van der Waals surface area contributed by atoms with Crippen LogP contribution < -0.4 is 5.32 Å². The molecule has 0 saturated carbocycles. The maximum Gasteiger partial charge on any atom is 0.272 e. The van der Waals surface area contributed by atoms with Crippen molar-refractivity contribution in [2.24, 2.45) is 0 Å². The van der Waals surface area contributed by atoms with E-state index < -0.39 is 0 Å². The van der Waals surface area contributed by atoms with Gasteiger partial charge in [0.05, 0.1) is 5.52 Å². The summed E-state index contributed by atoms with van der Waals surface area (Å²) in [7, 11) is 1.90. The number of carbonyl (C=O) groups is 1. The van der Waals surface area contributed by atoms with Crippen molar-refractivity contribution in [3.8, 4) is 0 Å². The van der Waals surface area contributed by atoms with E-state index in [-0.39, 0.29) is 30.7 Å². The number of piperidine rings is 1. The molecule has 7 heteroatoms. The van der Waals surface area contributed by atoms with Crippen LogP contribution in [0.5, 0.6) is 0 Å². The number of benzene rings is 1. The number of aromatic nitrogens is 1. The first-order valence-corrected chi connectivity index (χ1v) is 8.57. The molecule has 1 aromatic heterocycles. The number of carbonyl (C=O) groups excluding carboxylic acids is 1. The molecule has 2 unspecified atom stereocenters. The number of nitrogens with zero attached hydrogens (tertiary/aromatic N) is 2. The standard InChI is InChI=1S/C18H20ClN3O.2ClH/c1-22(15-9-13-5-6-14(10-15)20-13)18(23)16-7-3-11-2-4-12(19)8-17(11)21-16;;/h2-4,7-8,13-15,20H,5-6,9-10H2,1H3;2*1H. The van der Waals surface area contributed by atoms with Crippen molar-refractivity contribution in [1.82, 2.24) is 15.2 Å². The maximum atomic E-state index is 12.8. The summed E-state index contributed by atoms with van der Waals surface area (Å²) < 4.78 is 0. The summed E-state index contributed by atoms with van der Waals surface area (Å²) in [4.78, 5) is 19.2. The molecule has 2 bridgehead atoms. The molecule has 4 rings (SSSR count). The molecule has 2 aliphatic heterocycles. The predicted molar refractivity (Wildman–Crippen MR) is 106 cm³/mol. The normalized spacial score (nSPS) is 24.3. The molecule has 2 atom stereocenters. The average molecular weight is 403 g/mol. The molecule has 136 valence electrons. The van der Waals surface area contributed by atoms with E-state index in [9.17, 15) is 4.79 Å². The number of hydrogen-bond donors (Lipinski definition) is 1. The van der Waals surface area contributed by atoms with Gasteiger partial charge in [0.25, 0.3) is 5.91 Å². The zero-order chi connectivity index (χ0) is 16.0. The minimum atomic E-state index is -0.00169. The number of hydrogen-bond acceptors (Lipinski definition) is 3. The van der Waals surface area contributed by atoms with Gasteiger partial charge in [-0.3, -0.25) is 4.79 Å². The number of fused-ring (bicyclic) bond motifs is 3. The lowest BCUT2D eigenvalue weighted by atomic mass is 9.98. The Morgan fingerprint density at radius 2 is 1.80 bits per heavy atom. The van der Waals surface area contributed by atoms with Crippen molar-refractivity contribution in [3.63, 3.8) is 0 Å². The molecular weight excluding hydrogens is 381 g/mol. The van der Waals surface area contributed by atoms with Gasteiger partial charge in [-0.2, -0.15) is 0 Å². The molecule has 1 aromatic carbocycles. The molecule has 1 amide bonds. The highest BCUT2D eigenvalue weighted by atomic mass is 35.5. The first-order valence-electron chi connectivity index (χ1n) is 8.19. The van der Waals surface area contributed by atoms with E-state index in [0.717, 1.165) is 23.7 Å². The summed E-state index contributed by atoms with van der Waals surface area (Å²) in [5.74, 6) is -0.00169. The van der Waals surface area contributed by atoms with Gasteiger partial charge in [-0.1, -0.05) is 23.7 Å². The summed E-state index contributed by atoms with van der Waals surface area (Å²) in [5.41, 5.74) is 1.26. The van der Waals surface area contributed by atoms with Gasteiger partial charge in [0.15, 0.2) is 0 Å². The van der Waals surface area contributed by atoms with Crippen LogP contribution in [-0.2, 0) is 0 Å². The van der Waals surface area contributed by atoms with Gasteiger partial charge in [-0.25, -0.2) is 4.98 Å². The summed E-state index contributed by atoms with van der Waals surface area (Å²) in [5, 5.41) is 5.25. The van der Waals surface area contributed by atoms with Crippen molar-refractivity contribution in [1.29, 1.82) is 0 Å². The van der Waals surface area contributed by atoms with Crippen LogP contribution in [0.1, 0.15) is 36.2 Å². The van der Waals surface area contributed by atoms with Crippen LogP contribution in [0.2, 0.25) is 5.02 Å². The Morgan fingerprint density at radius 3 is 2.48 bits per heavy atom. The lowest BCUT2D eigenvalue weighted by molar-refractivity contribution is 0.0676. The van der Waals surface area contributed by atoms with E-state index in [1.54, 1.807) is 6.07 Å². The van der Waals surface area contributed by atoms with Crippen LogP contribution in [0.4, 0.5) is 0 Å². The van der Waals surface area contributed by atoms with Gasteiger partial charge in [-0.05, 0) is 43.9 Å². The zero-order valence-corrected chi connectivity index (χ0v) is 16.3. The minimum Gasteiger partial charge on any atom is -0.337 e. The Kier molecular flexibility index (Phi) is 6.55. The summed E-state index contributed by atoms with van der Waals surface area (Å²) in [6.07, 6.45) is 4.54. The van der Waals surface area contributed by atoms with E-state index in [1.165, 1.54) is 12.8 Å². The molecule has 0 spiro atoms. The van der Waals surface area contributed by atoms with Crippen LogP contribution in [-0.4, -0.2) is 41.0 Å². The Morgan fingerprint density at radius 1 is 1.16 bits per heavy atom. The fraction of sp³-hybridized carbons (Fsp3) is 0.444. The van der Waals surface area contributed by atoms with E-state index >= 15 is 0 Å². The molecule has 4 nitrogen and oxygen atoms in total. The first-order chi connectivity index (χ1) is 11.1. The van der Waals surface area contributed by atoms with E-state index in [4.69, 9.17) is 11.6 Å². The van der Waals surface area contributed by atoms with Crippen LogP contribution in [0.25, 0.3) is 10.9 Å². The highest BCUT2D eigenvalue weighted by Crippen LogP contribution is 2.30. The maximum absolute atomic E-state index is 12.8. The third kappa shape index (κ3) is 4.03. The van der Waals surface area contributed by atoms with E-state index in [1.807, 2.05) is 36.2 Å². The van der Waals surface area contributed by atoms with Gasteiger partial charge < -0.3 is 10.2 Å². The zero-order valence-electron chi connectivity index (χ0n) is 13.9. The topological polar surface area (TPSA) is 45.2 Å². The molecule has 0 radical (unpaired) electrons. The third-order valence-corrected chi connectivity index (χ3v) is 5.42. The highest BCUT2D eigenvalue weighted by molar-refractivity contribution is 6.31. The van der Waals surface area contributed by atoms with Gasteiger partial charge in [0.1, 0.15) is 5.69 Å². The molecule has 2 aliphatic rings. The van der Waals surface area contributed by atoms with Crippen LogP contribution in [0.15, 0.2) is 30.3 Å². The van der Waals surface area contributed by atoms with E-state index in [0.29, 0.717) is 28.8 Å². The molecular formula is C18H22Cl3N3O. The van der Waals surface area contributed by atoms with Gasteiger partial charge in [0, 0.05) is 35.6 Å². The molecule has 2 fully saturated rings. The van der Waals surface area contributed by atoms with Crippen molar-refractivity contribution in [3.05, 3.63) is 41.0 Å². The summed E-state index contributed by atoms with van der Waals surface area (Å²) in [6.45, 7) is 0. The highest BCUT2D eigenvalue weighted by Gasteiger charge is 2.36. The van der Waals surface area contributed by atoms with Crippen LogP contribution >= 0.6 is 36.4 Å². The third-order valence-electron chi connectivity index (χ3n) is 5.19. The van der Waals surface area contributed by atoms with Crippen LogP contribution in [0, 0.1) is 0 Å². The Labute approximate surface area is 165 Å². The number of rotatable bonds is 2. The summed E-state index contributed by atoms with van der Waals surface area (Å²) in [6, 6.07) is 10.7. The Bertz CT molecular complexity index is 758. The van der Waals surface area contributed by atoms with Crippen molar-refractivity contribution in [2.45, 2.75) is 43.8 Å². The second-order valence-corrected chi connectivity index (χ2v) is 7.15. The molecule has 0 aliphatic carbocycles. The van der Waals surface area contributed by atoms with Gasteiger partial charge in [-0.15, -0.1) is 24.8 Å². The SMILES string of the molecule is CN(C(=O)c1ccc2ccc(Cl)cc2n1)C1CC2CCC(C1)N2.Cl.Cl. The van der Waals surface area contributed by atoms with Crippen molar-refractivity contribution in [2.75, 3.05) is 7.05 Å². The van der Waals surface area contributed by atoms with Gasteiger partial charge in [0.2, 0.25) is 0 Å². The monoisotopic (exact) mass is 401 g/mol. The molecule has 3 heterocycles. The fourth-order valence-electron chi connectivity index (χ4n) is 3.90. The molecule has 25 heavy (non-hydrogen) atoms. The van der Waals surface area contributed by atoms with Crippen LogP contribution in [0.3, 0.4) is 0 Å². The Balaban J connectivity index is 0.00000113. The largest absolute Gasteiger partial charge is 0.337 e. The lowest BCUT2D eigenvalue weighted by Crippen LogP contribution is -2.48. The first kappa shape index (κ1) is 20.2. The quantitative estimate of drug-likeness (QED) is 0.823. The molecule has 2 aromatic rings. The number of pyridine rings is 1. The smallest absolute Gasteiger partial charge is 0.272 e.